The van der Waals surface area contributed by atoms with Gasteiger partial charge in [0.15, 0.2) is 0 Å². The summed E-state index contributed by atoms with van der Waals surface area (Å²) in [6.45, 7) is 2.25. The van der Waals surface area contributed by atoms with Crippen molar-refractivity contribution in [1.82, 2.24) is 0 Å². The zero-order chi connectivity index (χ0) is 12.4. The van der Waals surface area contributed by atoms with E-state index in [1.807, 2.05) is 0 Å². The number of benzene rings is 1. The van der Waals surface area contributed by atoms with Gasteiger partial charge in [-0.15, -0.1) is 0 Å². The first-order valence-electron chi connectivity index (χ1n) is 6.02. The summed E-state index contributed by atoms with van der Waals surface area (Å²) >= 11 is 0. The molecule has 1 aliphatic carbocycles. The number of hydrogen-bond donors (Lipinski definition) is 3. The molecular weight excluding hydrogens is 214 g/mol. The second-order valence-electron chi connectivity index (χ2n) is 4.93. The highest BCUT2D eigenvalue weighted by molar-refractivity contribution is 5.94. The highest BCUT2D eigenvalue weighted by Gasteiger charge is 2.21. The Kier molecular flexibility index (Phi) is 3.22. The fraction of sp³-hybridized carbons (Fsp3) is 0.462. The van der Waals surface area contributed by atoms with E-state index in [1.165, 1.54) is 6.42 Å². The number of amides is 1. The average Bonchev–Trinajstić information content (AvgIpc) is 2.67. The van der Waals surface area contributed by atoms with Crippen molar-refractivity contribution in [3.8, 4) is 0 Å². The Morgan fingerprint density at radius 2 is 2.18 bits per heavy atom. The van der Waals surface area contributed by atoms with Gasteiger partial charge in [-0.25, -0.2) is 0 Å². The van der Waals surface area contributed by atoms with Crippen LogP contribution in [0.15, 0.2) is 18.2 Å². The molecule has 92 valence electrons. The van der Waals surface area contributed by atoms with Crippen LogP contribution in [0.3, 0.4) is 0 Å². The highest BCUT2D eigenvalue weighted by Crippen LogP contribution is 2.29. The molecule has 0 aromatic heterocycles. The number of nitrogens with one attached hydrogen (secondary N) is 1. The van der Waals surface area contributed by atoms with Crippen LogP contribution < -0.4 is 16.8 Å². The van der Waals surface area contributed by atoms with E-state index in [9.17, 15) is 4.79 Å². The number of nitrogen functional groups attached to an aromatic ring is 1. The summed E-state index contributed by atoms with van der Waals surface area (Å²) in [6.07, 6.45) is 3.55. The minimum atomic E-state index is -0.423. The van der Waals surface area contributed by atoms with Crippen molar-refractivity contribution < 1.29 is 4.79 Å². The van der Waals surface area contributed by atoms with Crippen LogP contribution in [-0.2, 0) is 0 Å². The number of rotatable bonds is 3. The number of hydrogen-bond acceptors (Lipinski definition) is 3. The van der Waals surface area contributed by atoms with Gasteiger partial charge in [-0.05, 0) is 43.4 Å². The van der Waals surface area contributed by atoms with Crippen LogP contribution in [0.1, 0.15) is 36.5 Å². The van der Waals surface area contributed by atoms with E-state index in [2.05, 4.69) is 12.2 Å². The molecule has 2 rings (SSSR count). The van der Waals surface area contributed by atoms with Gasteiger partial charge >= 0.3 is 0 Å². The number of anilines is 2. The van der Waals surface area contributed by atoms with Gasteiger partial charge in [-0.1, -0.05) is 6.92 Å². The molecule has 2 unspecified atom stereocenters. The summed E-state index contributed by atoms with van der Waals surface area (Å²) in [6, 6.07) is 5.57. The van der Waals surface area contributed by atoms with Gasteiger partial charge in [0.05, 0.1) is 11.4 Å². The van der Waals surface area contributed by atoms with E-state index in [-0.39, 0.29) is 0 Å². The Bertz CT molecular complexity index is 431. The van der Waals surface area contributed by atoms with Crippen LogP contribution in [0.4, 0.5) is 11.4 Å². The van der Waals surface area contributed by atoms with Crippen LogP contribution in [0, 0.1) is 5.92 Å². The molecule has 1 aliphatic rings. The second-order valence-corrected chi connectivity index (χ2v) is 4.93. The molecule has 0 heterocycles. The quantitative estimate of drug-likeness (QED) is 0.698. The van der Waals surface area contributed by atoms with E-state index in [4.69, 9.17) is 11.5 Å². The zero-order valence-corrected chi connectivity index (χ0v) is 10.1. The standard InChI is InChI=1S/C13H19N3O/c1-8-2-4-10(6-8)16-12-7-9(13(15)17)3-5-11(12)14/h3,5,7-8,10,16H,2,4,6,14H2,1H3,(H2,15,17). The Labute approximate surface area is 101 Å². The Hall–Kier alpha value is -1.71. The van der Waals surface area contributed by atoms with Crippen LogP contribution in [-0.4, -0.2) is 11.9 Å². The van der Waals surface area contributed by atoms with Crippen LogP contribution >= 0.6 is 0 Å². The number of carbonyl (C=O) groups excluding carboxylic acids is 1. The zero-order valence-electron chi connectivity index (χ0n) is 10.1. The van der Waals surface area contributed by atoms with Gasteiger partial charge in [0.1, 0.15) is 0 Å². The highest BCUT2D eigenvalue weighted by atomic mass is 16.1. The van der Waals surface area contributed by atoms with Crippen molar-refractivity contribution >= 4 is 17.3 Å². The molecule has 0 bridgehead atoms. The maximum atomic E-state index is 11.1. The summed E-state index contributed by atoms with van der Waals surface area (Å²) in [7, 11) is 0. The van der Waals surface area contributed by atoms with Crippen molar-refractivity contribution in [3.05, 3.63) is 23.8 Å². The number of nitrogens with two attached hydrogens (primary N) is 2. The van der Waals surface area contributed by atoms with E-state index in [0.717, 1.165) is 24.4 Å². The lowest BCUT2D eigenvalue weighted by atomic mass is 10.1. The van der Waals surface area contributed by atoms with E-state index >= 15 is 0 Å². The van der Waals surface area contributed by atoms with E-state index in [1.54, 1.807) is 18.2 Å². The molecule has 2 atom stereocenters. The molecule has 0 spiro atoms. The minimum absolute atomic E-state index is 0.423. The summed E-state index contributed by atoms with van der Waals surface area (Å²) in [5.74, 6) is 0.334. The van der Waals surface area contributed by atoms with Gasteiger partial charge in [0, 0.05) is 11.6 Å². The first kappa shape index (κ1) is 11.8. The van der Waals surface area contributed by atoms with Crippen molar-refractivity contribution in [2.45, 2.75) is 32.2 Å². The number of carbonyl (C=O) groups is 1. The third kappa shape index (κ3) is 2.70. The summed E-state index contributed by atoms with van der Waals surface area (Å²) < 4.78 is 0. The second kappa shape index (κ2) is 4.65. The van der Waals surface area contributed by atoms with Gasteiger partial charge in [0.25, 0.3) is 0 Å². The molecule has 1 amide bonds. The smallest absolute Gasteiger partial charge is 0.248 e. The molecule has 1 fully saturated rings. The minimum Gasteiger partial charge on any atom is -0.397 e. The average molecular weight is 233 g/mol. The molecule has 1 saturated carbocycles. The summed E-state index contributed by atoms with van der Waals surface area (Å²) in [5, 5.41) is 3.40. The maximum Gasteiger partial charge on any atom is 0.248 e. The molecular formula is C13H19N3O. The monoisotopic (exact) mass is 233 g/mol. The SMILES string of the molecule is CC1CCC(Nc2cc(C(N)=O)ccc2N)C1. The molecule has 1 aromatic carbocycles. The Balaban J connectivity index is 2.14. The first-order chi connectivity index (χ1) is 8.06. The van der Waals surface area contributed by atoms with E-state index < -0.39 is 5.91 Å². The predicted octanol–water partition coefficient (Wildman–Crippen LogP) is 1.97. The topological polar surface area (TPSA) is 81.1 Å². The first-order valence-corrected chi connectivity index (χ1v) is 6.02. The van der Waals surface area contributed by atoms with Crippen molar-refractivity contribution in [2.75, 3.05) is 11.1 Å². The lowest BCUT2D eigenvalue weighted by Crippen LogP contribution is -2.18. The summed E-state index contributed by atoms with van der Waals surface area (Å²) in [4.78, 5) is 11.1. The molecule has 5 N–H and O–H groups in total. The van der Waals surface area contributed by atoms with Crippen LogP contribution in [0.2, 0.25) is 0 Å². The molecule has 0 saturated heterocycles. The van der Waals surface area contributed by atoms with Gasteiger partial charge in [-0.2, -0.15) is 0 Å². The molecule has 1 aromatic rings. The maximum absolute atomic E-state index is 11.1. The van der Waals surface area contributed by atoms with Gasteiger partial charge in [-0.3, -0.25) is 4.79 Å². The predicted molar refractivity (Wildman–Crippen MR) is 69.8 cm³/mol. The van der Waals surface area contributed by atoms with Crippen LogP contribution in [0.5, 0.6) is 0 Å². The van der Waals surface area contributed by atoms with Crippen molar-refractivity contribution in [3.63, 3.8) is 0 Å². The number of primary amides is 1. The lowest BCUT2D eigenvalue weighted by Gasteiger charge is -2.16. The molecule has 0 radical (unpaired) electrons. The molecule has 17 heavy (non-hydrogen) atoms. The van der Waals surface area contributed by atoms with Gasteiger partial charge < -0.3 is 16.8 Å². The molecule has 0 aliphatic heterocycles. The molecule has 4 heteroatoms. The van der Waals surface area contributed by atoms with Gasteiger partial charge in [0.2, 0.25) is 5.91 Å². The normalized spacial score (nSPS) is 23.6. The third-order valence-corrected chi connectivity index (χ3v) is 3.39. The fourth-order valence-corrected chi connectivity index (χ4v) is 2.39. The summed E-state index contributed by atoms with van der Waals surface area (Å²) in [5.41, 5.74) is 13.1. The molecule has 4 nitrogen and oxygen atoms in total. The van der Waals surface area contributed by atoms with E-state index in [0.29, 0.717) is 17.3 Å². The van der Waals surface area contributed by atoms with Crippen LogP contribution in [0.25, 0.3) is 0 Å². The largest absolute Gasteiger partial charge is 0.397 e. The Morgan fingerprint density at radius 1 is 1.41 bits per heavy atom. The lowest BCUT2D eigenvalue weighted by molar-refractivity contribution is 0.100. The van der Waals surface area contributed by atoms with Crippen molar-refractivity contribution in [2.24, 2.45) is 11.7 Å². The third-order valence-electron chi connectivity index (χ3n) is 3.39. The fourth-order valence-electron chi connectivity index (χ4n) is 2.39. The Morgan fingerprint density at radius 3 is 2.76 bits per heavy atom. The van der Waals surface area contributed by atoms with Crippen molar-refractivity contribution in [1.29, 1.82) is 0 Å².